The van der Waals surface area contributed by atoms with E-state index in [-0.39, 0.29) is 5.66 Å². The second kappa shape index (κ2) is 11.7. The number of piperazine rings is 1. The van der Waals surface area contributed by atoms with Crippen LogP contribution < -0.4 is 16.4 Å². The minimum absolute atomic E-state index is 0.0126. The van der Waals surface area contributed by atoms with Gasteiger partial charge in [0.25, 0.3) is 0 Å². The molecule has 7 heteroatoms. The molecule has 29 heavy (non-hydrogen) atoms. The molecule has 6 nitrogen and oxygen atoms in total. The molecular formula is C22H39N6P. The van der Waals surface area contributed by atoms with Gasteiger partial charge in [-0.2, -0.15) is 0 Å². The monoisotopic (exact) mass is 418 g/mol. The number of nitrogens with zero attached hydrogens (tertiary/aromatic N) is 4. The van der Waals surface area contributed by atoms with Crippen molar-refractivity contribution in [2.24, 2.45) is 16.5 Å². The third-order valence-corrected chi connectivity index (χ3v) is 6.51. The van der Waals surface area contributed by atoms with Crippen LogP contribution in [0, 0.1) is 6.92 Å². The fraction of sp³-hybridized carbons (Fsp3) is 0.591. The molecule has 0 spiro atoms. The summed E-state index contributed by atoms with van der Waals surface area (Å²) in [6.45, 7) is 13.0. The molecule has 2 saturated heterocycles. The Morgan fingerprint density at radius 3 is 2.34 bits per heavy atom. The van der Waals surface area contributed by atoms with Crippen LogP contribution in [0.5, 0.6) is 0 Å². The zero-order valence-corrected chi connectivity index (χ0v) is 19.5. The number of likely N-dealkylation sites (N-methyl/N-ethyl adjacent to an activating group) is 1. The number of aliphatic imine (C=N–C) groups is 1. The molecular weight excluding hydrogens is 379 g/mol. The molecule has 162 valence electrons. The van der Waals surface area contributed by atoms with Gasteiger partial charge in [-0.25, -0.2) is 4.99 Å². The van der Waals surface area contributed by atoms with Crippen LogP contribution in [0.15, 0.2) is 35.8 Å². The van der Waals surface area contributed by atoms with Gasteiger partial charge in [0.1, 0.15) is 5.84 Å². The Morgan fingerprint density at radius 2 is 1.79 bits per heavy atom. The third-order valence-electron chi connectivity index (χ3n) is 5.89. The summed E-state index contributed by atoms with van der Waals surface area (Å²) in [5, 5.41) is 0. The fourth-order valence-electron chi connectivity index (χ4n) is 4.07. The molecule has 2 aliphatic rings. The molecule has 1 aromatic rings. The number of piperidine rings is 1. The van der Waals surface area contributed by atoms with Gasteiger partial charge in [-0.05, 0) is 57.6 Å². The van der Waals surface area contributed by atoms with E-state index in [2.05, 4.69) is 73.4 Å². The molecule has 0 saturated carbocycles. The second-order valence-corrected chi connectivity index (χ2v) is 8.54. The first-order valence-electron chi connectivity index (χ1n) is 10.6. The molecule has 2 atom stereocenters. The van der Waals surface area contributed by atoms with Crippen molar-refractivity contribution in [3.63, 3.8) is 0 Å². The van der Waals surface area contributed by atoms with E-state index < -0.39 is 0 Å². The van der Waals surface area contributed by atoms with Crippen molar-refractivity contribution in [2.45, 2.75) is 31.5 Å². The molecule has 2 heterocycles. The standard InChI is InChI=1S/C21H34N5P.CH5N/c1-4-20(27)21(22)23-17-5-6-19(16(2)15-17)26-9-7-18(8-10-26)25-13-11-24(3)12-14-25;1-2/h4-6,15,18,20H,1,7-14,27H2,2-3H3,(H2,22,23);2H2,1H3. The molecule has 0 aromatic heterocycles. The van der Waals surface area contributed by atoms with Crippen molar-refractivity contribution in [3.8, 4) is 0 Å². The average molecular weight is 419 g/mol. The third kappa shape index (κ3) is 6.51. The summed E-state index contributed by atoms with van der Waals surface area (Å²) in [6, 6.07) is 7.15. The zero-order valence-electron chi connectivity index (χ0n) is 18.3. The summed E-state index contributed by atoms with van der Waals surface area (Å²) < 4.78 is 0. The van der Waals surface area contributed by atoms with E-state index in [1.54, 1.807) is 6.08 Å². The van der Waals surface area contributed by atoms with Crippen LogP contribution in [-0.4, -0.2) is 80.7 Å². The van der Waals surface area contributed by atoms with Crippen molar-refractivity contribution in [3.05, 3.63) is 36.4 Å². The summed E-state index contributed by atoms with van der Waals surface area (Å²) >= 11 is 0. The van der Waals surface area contributed by atoms with Crippen molar-refractivity contribution >= 4 is 26.5 Å². The lowest BCUT2D eigenvalue weighted by Gasteiger charge is -2.42. The van der Waals surface area contributed by atoms with Crippen LogP contribution in [0.2, 0.25) is 0 Å². The van der Waals surface area contributed by atoms with Gasteiger partial charge >= 0.3 is 0 Å². The molecule has 0 bridgehead atoms. The molecule has 4 N–H and O–H groups in total. The number of hydrogen-bond donors (Lipinski definition) is 2. The van der Waals surface area contributed by atoms with Crippen LogP contribution in [0.3, 0.4) is 0 Å². The zero-order chi connectivity index (χ0) is 21.4. The Kier molecular flexibility index (Phi) is 9.57. The number of rotatable bonds is 5. The molecule has 0 radical (unpaired) electrons. The van der Waals surface area contributed by atoms with Crippen LogP contribution in [-0.2, 0) is 0 Å². The van der Waals surface area contributed by atoms with Gasteiger partial charge in [-0.3, -0.25) is 4.90 Å². The largest absolute Gasteiger partial charge is 0.386 e. The first kappa shape index (κ1) is 23.8. The lowest BCUT2D eigenvalue weighted by molar-refractivity contribution is 0.0982. The first-order chi connectivity index (χ1) is 14.0. The highest BCUT2D eigenvalue weighted by atomic mass is 31.0. The molecule has 0 aliphatic carbocycles. The SMILES string of the molecule is C=CC(P)C(N)=Nc1ccc(N2CCC(N3CCN(C)CC3)CC2)c(C)c1.CN. The van der Waals surface area contributed by atoms with E-state index in [4.69, 9.17) is 5.73 Å². The maximum absolute atomic E-state index is 6.03. The number of nitrogens with two attached hydrogens (primary N) is 2. The smallest absolute Gasteiger partial charge is 0.110 e. The van der Waals surface area contributed by atoms with Gasteiger partial charge in [0.05, 0.1) is 5.69 Å². The predicted octanol–water partition coefficient (Wildman–Crippen LogP) is 2.20. The van der Waals surface area contributed by atoms with Crippen LogP contribution in [0.25, 0.3) is 0 Å². The number of amidine groups is 1. The van der Waals surface area contributed by atoms with Crippen molar-refractivity contribution < 1.29 is 0 Å². The highest BCUT2D eigenvalue weighted by Gasteiger charge is 2.27. The van der Waals surface area contributed by atoms with E-state index >= 15 is 0 Å². The molecule has 2 aliphatic heterocycles. The Balaban J connectivity index is 0.00000145. The van der Waals surface area contributed by atoms with E-state index in [0.29, 0.717) is 5.84 Å². The Hall–Kier alpha value is -1.46. The maximum atomic E-state index is 6.03. The molecule has 0 amide bonds. The van der Waals surface area contributed by atoms with Gasteiger partial charge < -0.3 is 21.3 Å². The number of hydrogen-bond acceptors (Lipinski definition) is 5. The number of aryl methyl sites for hydroxylation is 1. The Labute approximate surface area is 179 Å². The van der Waals surface area contributed by atoms with E-state index in [9.17, 15) is 0 Å². The van der Waals surface area contributed by atoms with E-state index in [1.165, 1.54) is 57.3 Å². The van der Waals surface area contributed by atoms with Crippen LogP contribution in [0.4, 0.5) is 11.4 Å². The summed E-state index contributed by atoms with van der Waals surface area (Å²) in [5.41, 5.74) is 14.0. The van der Waals surface area contributed by atoms with Crippen molar-refractivity contribution in [1.29, 1.82) is 0 Å². The summed E-state index contributed by atoms with van der Waals surface area (Å²) in [6.07, 6.45) is 4.30. The Morgan fingerprint density at radius 1 is 1.17 bits per heavy atom. The molecule has 1 aromatic carbocycles. The van der Waals surface area contributed by atoms with Crippen LogP contribution in [0.1, 0.15) is 18.4 Å². The van der Waals surface area contributed by atoms with Crippen LogP contribution >= 0.6 is 9.24 Å². The topological polar surface area (TPSA) is 74.1 Å². The molecule has 2 unspecified atom stereocenters. The lowest BCUT2D eigenvalue weighted by Crippen LogP contribution is -2.52. The van der Waals surface area contributed by atoms with Gasteiger partial charge in [0.15, 0.2) is 0 Å². The highest BCUT2D eigenvalue weighted by molar-refractivity contribution is 7.19. The normalized spacial score (nSPS) is 20.7. The van der Waals surface area contributed by atoms with E-state index in [1.807, 2.05) is 0 Å². The minimum atomic E-state index is 0.0126. The van der Waals surface area contributed by atoms with Gasteiger partial charge in [0, 0.05) is 56.7 Å². The molecule has 3 rings (SSSR count). The van der Waals surface area contributed by atoms with E-state index in [0.717, 1.165) is 24.8 Å². The predicted molar refractivity (Wildman–Crippen MR) is 131 cm³/mol. The summed E-state index contributed by atoms with van der Waals surface area (Å²) in [5.74, 6) is 0.579. The summed E-state index contributed by atoms with van der Waals surface area (Å²) in [7, 11) is 6.37. The second-order valence-electron chi connectivity index (χ2n) is 7.83. The number of anilines is 1. The lowest BCUT2D eigenvalue weighted by atomic mass is 10.0. The quantitative estimate of drug-likeness (QED) is 0.332. The fourth-order valence-corrected chi connectivity index (χ4v) is 4.14. The maximum Gasteiger partial charge on any atom is 0.110 e. The average Bonchev–Trinajstić information content (AvgIpc) is 2.75. The van der Waals surface area contributed by atoms with Gasteiger partial charge in [-0.1, -0.05) is 6.08 Å². The molecule has 2 fully saturated rings. The van der Waals surface area contributed by atoms with Gasteiger partial charge in [0.2, 0.25) is 0 Å². The highest BCUT2D eigenvalue weighted by Crippen LogP contribution is 2.29. The number of benzene rings is 1. The first-order valence-corrected chi connectivity index (χ1v) is 11.2. The van der Waals surface area contributed by atoms with Gasteiger partial charge in [-0.15, -0.1) is 15.8 Å². The van der Waals surface area contributed by atoms with Crippen molar-refractivity contribution in [2.75, 3.05) is 58.3 Å². The summed E-state index contributed by atoms with van der Waals surface area (Å²) in [4.78, 5) is 12.2. The van der Waals surface area contributed by atoms with Crippen molar-refractivity contribution in [1.82, 2.24) is 9.80 Å². The minimum Gasteiger partial charge on any atom is -0.386 e. The Bertz CT molecular complexity index is 676.